The smallest absolute Gasteiger partial charge is 0.336 e. The largest absolute Gasteiger partial charge is 0.504 e. The maximum atomic E-state index is 11.6. The van der Waals surface area contributed by atoms with Gasteiger partial charge in [-0.25, -0.2) is 9.59 Å². The summed E-state index contributed by atoms with van der Waals surface area (Å²) in [5.41, 5.74) is 0.813. The molecule has 10 heteroatoms. The highest BCUT2D eigenvalue weighted by atomic mass is 16.6. The van der Waals surface area contributed by atoms with E-state index in [1.165, 1.54) is 50.6 Å². The minimum atomic E-state index is -1.82. The Labute approximate surface area is 171 Å². The fraction of sp³-hybridized carbons (Fsp3) is 0.300. The average Bonchev–Trinajstić information content (AvgIpc) is 2.70. The zero-order valence-corrected chi connectivity index (χ0v) is 16.3. The van der Waals surface area contributed by atoms with Crippen LogP contribution in [0, 0.1) is 0 Å². The van der Waals surface area contributed by atoms with Crippen molar-refractivity contribution in [3.05, 3.63) is 47.5 Å². The second-order valence-electron chi connectivity index (χ2n) is 6.15. The molecule has 2 rings (SSSR count). The molecule has 0 heterocycles. The van der Waals surface area contributed by atoms with Crippen LogP contribution in [0.25, 0.3) is 0 Å². The maximum Gasteiger partial charge on any atom is 0.336 e. The lowest BCUT2D eigenvalue weighted by Gasteiger charge is -2.21. The molecule has 0 spiro atoms. The molecule has 0 aliphatic rings. The van der Waals surface area contributed by atoms with Crippen molar-refractivity contribution in [1.29, 1.82) is 0 Å². The number of methoxy groups -OCH3 is 2. The normalized spacial score (nSPS) is 12.7. The van der Waals surface area contributed by atoms with E-state index in [9.17, 15) is 30.0 Å². The standard InChI is InChI=1S/C20H22O10/c1-27-15-5-3-11(7-13(15)21)9-29-17(19(23)24)18(20(25)26)30-10-12-4-6-16(28-2)14(22)8-12/h3-8,17-18,21-22H,9-10H2,1-2H3,(H,23,24)(H,25,26)/t17-,18-/m0/s1. The Hall–Kier alpha value is -3.50. The maximum absolute atomic E-state index is 11.6. The first-order chi connectivity index (χ1) is 14.3. The van der Waals surface area contributed by atoms with Crippen LogP contribution in [-0.4, -0.2) is 58.8 Å². The number of benzene rings is 2. The van der Waals surface area contributed by atoms with Crippen LogP contribution in [0.3, 0.4) is 0 Å². The van der Waals surface area contributed by atoms with E-state index in [0.717, 1.165) is 0 Å². The number of carbonyl (C=O) groups is 2. The second-order valence-corrected chi connectivity index (χ2v) is 6.15. The molecule has 30 heavy (non-hydrogen) atoms. The van der Waals surface area contributed by atoms with Crippen molar-refractivity contribution in [1.82, 2.24) is 0 Å². The van der Waals surface area contributed by atoms with E-state index in [-0.39, 0.29) is 36.2 Å². The molecule has 4 N–H and O–H groups in total. The lowest BCUT2D eigenvalue weighted by molar-refractivity contribution is -0.179. The molecule has 0 aliphatic carbocycles. The quantitative estimate of drug-likeness (QED) is 0.421. The summed E-state index contributed by atoms with van der Waals surface area (Å²) in [4.78, 5) is 23.2. The molecule has 0 bridgehead atoms. The van der Waals surface area contributed by atoms with E-state index >= 15 is 0 Å². The van der Waals surface area contributed by atoms with Crippen LogP contribution in [0.2, 0.25) is 0 Å². The summed E-state index contributed by atoms with van der Waals surface area (Å²) in [6.45, 7) is -0.573. The minimum absolute atomic E-state index is 0.171. The van der Waals surface area contributed by atoms with Crippen molar-refractivity contribution in [3.63, 3.8) is 0 Å². The molecule has 2 aromatic rings. The highest BCUT2D eigenvalue weighted by molar-refractivity contribution is 5.83. The summed E-state index contributed by atoms with van der Waals surface area (Å²) < 4.78 is 20.4. The van der Waals surface area contributed by atoms with Crippen LogP contribution in [0.4, 0.5) is 0 Å². The summed E-state index contributed by atoms with van der Waals surface area (Å²) in [5.74, 6) is -2.95. The predicted octanol–water partition coefficient (Wildman–Crippen LogP) is 1.75. The topological polar surface area (TPSA) is 152 Å². The first kappa shape index (κ1) is 22.8. The molecular formula is C20H22O10. The molecule has 0 unspecified atom stereocenters. The molecule has 0 saturated carbocycles. The number of phenols is 2. The predicted molar refractivity (Wildman–Crippen MR) is 102 cm³/mol. The molecule has 0 amide bonds. The Bertz CT molecular complexity index is 822. The van der Waals surface area contributed by atoms with Crippen molar-refractivity contribution in [2.75, 3.05) is 14.2 Å². The second kappa shape index (κ2) is 10.3. The van der Waals surface area contributed by atoms with Crippen LogP contribution >= 0.6 is 0 Å². The Balaban J connectivity index is 2.09. The molecule has 0 radical (unpaired) electrons. The Kier molecular flexibility index (Phi) is 7.84. The van der Waals surface area contributed by atoms with E-state index in [1.807, 2.05) is 0 Å². The first-order valence-corrected chi connectivity index (χ1v) is 8.67. The van der Waals surface area contributed by atoms with Gasteiger partial charge in [-0.1, -0.05) is 12.1 Å². The number of carboxylic acids is 2. The van der Waals surface area contributed by atoms with Crippen molar-refractivity contribution >= 4 is 11.9 Å². The summed E-state index contributed by atoms with van der Waals surface area (Å²) in [6, 6.07) is 8.63. The fourth-order valence-corrected chi connectivity index (χ4v) is 2.60. The summed E-state index contributed by atoms with van der Waals surface area (Å²) in [7, 11) is 2.76. The monoisotopic (exact) mass is 422 g/mol. The van der Waals surface area contributed by atoms with Crippen molar-refractivity contribution in [2.24, 2.45) is 0 Å². The number of aliphatic carboxylic acids is 2. The molecular weight excluding hydrogens is 400 g/mol. The number of phenolic OH excluding ortho intramolecular Hbond substituents is 2. The van der Waals surface area contributed by atoms with Gasteiger partial charge in [-0.2, -0.15) is 0 Å². The van der Waals surface area contributed by atoms with Gasteiger partial charge in [0.15, 0.2) is 35.2 Å². The van der Waals surface area contributed by atoms with Crippen molar-refractivity contribution in [3.8, 4) is 23.0 Å². The lowest BCUT2D eigenvalue weighted by Crippen LogP contribution is -2.43. The van der Waals surface area contributed by atoms with E-state index in [2.05, 4.69) is 0 Å². The molecule has 2 aromatic carbocycles. The number of carboxylic acid groups (broad SMARTS) is 2. The van der Waals surface area contributed by atoms with Gasteiger partial charge in [-0.3, -0.25) is 0 Å². The van der Waals surface area contributed by atoms with Gasteiger partial charge in [-0.05, 0) is 35.4 Å². The summed E-state index contributed by atoms with van der Waals surface area (Å²) in [5, 5.41) is 38.4. The van der Waals surface area contributed by atoms with Crippen LogP contribution in [0.1, 0.15) is 11.1 Å². The van der Waals surface area contributed by atoms with Crippen LogP contribution in [0.15, 0.2) is 36.4 Å². The number of ether oxygens (including phenoxy) is 4. The molecule has 0 aromatic heterocycles. The fourth-order valence-electron chi connectivity index (χ4n) is 2.60. The third-order valence-electron chi connectivity index (χ3n) is 4.11. The van der Waals surface area contributed by atoms with Gasteiger partial charge in [0, 0.05) is 0 Å². The lowest BCUT2D eigenvalue weighted by atomic mass is 10.1. The third kappa shape index (κ3) is 5.75. The zero-order valence-electron chi connectivity index (χ0n) is 16.3. The Morgan fingerprint density at radius 1 is 0.767 bits per heavy atom. The molecule has 0 aliphatic heterocycles. The Morgan fingerprint density at radius 3 is 1.40 bits per heavy atom. The van der Waals surface area contributed by atoms with Crippen LogP contribution in [-0.2, 0) is 32.3 Å². The van der Waals surface area contributed by atoms with Gasteiger partial charge in [0.25, 0.3) is 0 Å². The van der Waals surface area contributed by atoms with Gasteiger partial charge in [0.2, 0.25) is 0 Å². The summed E-state index contributed by atoms with van der Waals surface area (Å²) >= 11 is 0. The third-order valence-corrected chi connectivity index (χ3v) is 4.11. The number of hydrogen-bond donors (Lipinski definition) is 4. The van der Waals surface area contributed by atoms with E-state index in [0.29, 0.717) is 11.1 Å². The van der Waals surface area contributed by atoms with Crippen LogP contribution in [0.5, 0.6) is 23.0 Å². The van der Waals surface area contributed by atoms with E-state index < -0.39 is 24.1 Å². The highest BCUT2D eigenvalue weighted by Gasteiger charge is 2.36. The van der Waals surface area contributed by atoms with Crippen molar-refractivity contribution in [2.45, 2.75) is 25.4 Å². The average molecular weight is 422 g/mol. The minimum Gasteiger partial charge on any atom is -0.504 e. The molecule has 162 valence electrons. The van der Waals surface area contributed by atoms with Crippen LogP contribution < -0.4 is 9.47 Å². The SMILES string of the molecule is COc1ccc(CO[C@H](C(=O)O)[C@H](OCc2ccc(OC)c(O)c2)C(=O)O)cc1O. The molecule has 10 nitrogen and oxygen atoms in total. The molecule has 0 fully saturated rings. The number of aromatic hydroxyl groups is 2. The van der Waals surface area contributed by atoms with Gasteiger partial charge in [-0.15, -0.1) is 0 Å². The zero-order chi connectivity index (χ0) is 22.3. The Morgan fingerprint density at radius 2 is 1.13 bits per heavy atom. The number of hydrogen-bond acceptors (Lipinski definition) is 8. The highest BCUT2D eigenvalue weighted by Crippen LogP contribution is 2.28. The van der Waals surface area contributed by atoms with Crippen molar-refractivity contribution < 1.29 is 49.0 Å². The number of rotatable bonds is 11. The molecule has 2 atom stereocenters. The van der Waals surface area contributed by atoms with E-state index in [1.54, 1.807) is 0 Å². The van der Waals surface area contributed by atoms with Gasteiger partial charge in [0.1, 0.15) is 0 Å². The van der Waals surface area contributed by atoms with Gasteiger partial charge >= 0.3 is 11.9 Å². The van der Waals surface area contributed by atoms with Gasteiger partial charge in [0.05, 0.1) is 27.4 Å². The van der Waals surface area contributed by atoms with Gasteiger partial charge < -0.3 is 39.4 Å². The summed E-state index contributed by atoms with van der Waals surface area (Å²) in [6.07, 6.45) is -3.64. The van der Waals surface area contributed by atoms with E-state index in [4.69, 9.17) is 18.9 Å². The molecule has 0 saturated heterocycles. The first-order valence-electron chi connectivity index (χ1n) is 8.67.